The number of hydrogen-bond acceptors (Lipinski definition) is 2. The molecule has 0 fully saturated rings. The van der Waals surface area contributed by atoms with Gasteiger partial charge in [0.1, 0.15) is 0 Å². The zero-order chi connectivity index (χ0) is 15.1. The van der Waals surface area contributed by atoms with Crippen molar-refractivity contribution >= 4 is 34.6 Å². The summed E-state index contributed by atoms with van der Waals surface area (Å²) in [6.07, 6.45) is 0. The third kappa shape index (κ3) is 4.85. The smallest absolute Gasteiger partial charge is 0.187 e. The average molecular weight is 318 g/mol. The van der Waals surface area contributed by atoms with Gasteiger partial charge in [0.2, 0.25) is 0 Å². The Balaban J connectivity index is 1.88. The zero-order valence-corrected chi connectivity index (χ0v) is 13.2. The monoisotopic (exact) mass is 317 g/mol. The van der Waals surface area contributed by atoms with Crippen LogP contribution in [0.5, 0.6) is 0 Å². The van der Waals surface area contributed by atoms with Crippen molar-refractivity contribution in [1.29, 1.82) is 0 Å². The predicted octanol–water partition coefficient (Wildman–Crippen LogP) is 3.73. The quantitative estimate of drug-likeness (QED) is 0.512. The highest BCUT2D eigenvalue weighted by atomic mass is 35.5. The normalized spacial score (nSPS) is 11.0. The second-order valence-electron chi connectivity index (χ2n) is 4.46. The van der Waals surface area contributed by atoms with Crippen molar-refractivity contribution < 1.29 is 0 Å². The Hall–Kier alpha value is -1.91. The van der Waals surface area contributed by atoms with Gasteiger partial charge >= 0.3 is 0 Å². The standard InChI is InChI=1S/C16H16ClN3S/c1-12(14-9-5-6-10-15(14)17)19-20-16(21)18-11-13-7-3-2-4-8-13/h2-10H,11H2,1H3,(H2,18,20,21)/b19-12-. The van der Waals surface area contributed by atoms with Gasteiger partial charge in [-0.15, -0.1) is 0 Å². The van der Waals surface area contributed by atoms with E-state index in [0.29, 0.717) is 16.7 Å². The summed E-state index contributed by atoms with van der Waals surface area (Å²) in [7, 11) is 0. The molecule has 0 aliphatic carbocycles. The molecule has 3 nitrogen and oxygen atoms in total. The Labute approximate surface area is 135 Å². The molecule has 0 aromatic heterocycles. The van der Waals surface area contributed by atoms with Gasteiger partial charge in [0, 0.05) is 17.1 Å². The third-order valence-electron chi connectivity index (χ3n) is 2.88. The van der Waals surface area contributed by atoms with E-state index < -0.39 is 0 Å². The maximum atomic E-state index is 6.12. The minimum atomic E-state index is 0.477. The van der Waals surface area contributed by atoms with Crippen LogP contribution in [-0.4, -0.2) is 10.8 Å². The molecular weight excluding hydrogens is 302 g/mol. The highest BCUT2D eigenvalue weighted by Crippen LogP contribution is 2.15. The van der Waals surface area contributed by atoms with E-state index in [1.807, 2.05) is 61.5 Å². The van der Waals surface area contributed by atoms with Crippen molar-refractivity contribution in [3.63, 3.8) is 0 Å². The van der Waals surface area contributed by atoms with Crippen molar-refractivity contribution in [1.82, 2.24) is 10.7 Å². The number of hydrogen-bond donors (Lipinski definition) is 2. The summed E-state index contributed by atoms with van der Waals surface area (Å²) in [5.41, 5.74) is 5.66. The first-order valence-electron chi connectivity index (χ1n) is 6.54. The molecule has 2 rings (SSSR count). The largest absolute Gasteiger partial charge is 0.357 e. The molecule has 0 radical (unpaired) electrons. The van der Waals surface area contributed by atoms with Crippen molar-refractivity contribution in [2.24, 2.45) is 5.10 Å². The van der Waals surface area contributed by atoms with Gasteiger partial charge in [0.05, 0.1) is 5.71 Å². The molecule has 0 bridgehead atoms. The number of nitrogens with zero attached hydrogens (tertiary/aromatic N) is 1. The van der Waals surface area contributed by atoms with Crippen LogP contribution in [0.1, 0.15) is 18.1 Å². The first-order valence-corrected chi connectivity index (χ1v) is 7.32. The molecule has 2 aromatic carbocycles. The number of rotatable bonds is 4. The van der Waals surface area contributed by atoms with Crippen LogP contribution in [0, 0.1) is 0 Å². The molecule has 0 heterocycles. The molecule has 0 aliphatic heterocycles. The number of benzene rings is 2. The fourth-order valence-corrected chi connectivity index (χ4v) is 2.16. The number of thiocarbonyl (C=S) groups is 1. The van der Waals surface area contributed by atoms with Crippen molar-refractivity contribution in [3.8, 4) is 0 Å². The Morgan fingerprint density at radius 2 is 1.76 bits per heavy atom. The minimum absolute atomic E-state index is 0.477. The molecule has 108 valence electrons. The number of halogens is 1. The van der Waals surface area contributed by atoms with Gasteiger partial charge in [-0.05, 0) is 30.8 Å². The maximum absolute atomic E-state index is 6.12. The van der Waals surface area contributed by atoms with E-state index >= 15 is 0 Å². The van der Waals surface area contributed by atoms with E-state index in [1.165, 1.54) is 0 Å². The van der Waals surface area contributed by atoms with Crippen LogP contribution in [-0.2, 0) is 6.54 Å². The molecule has 0 saturated carbocycles. The van der Waals surface area contributed by atoms with Crippen LogP contribution in [0.4, 0.5) is 0 Å². The van der Waals surface area contributed by atoms with Gasteiger partial charge in [-0.25, -0.2) is 0 Å². The van der Waals surface area contributed by atoms with Gasteiger partial charge < -0.3 is 5.32 Å². The van der Waals surface area contributed by atoms with Crippen molar-refractivity contribution in [2.75, 3.05) is 0 Å². The molecular formula is C16H16ClN3S. The van der Waals surface area contributed by atoms with E-state index in [2.05, 4.69) is 15.8 Å². The maximum Gasteiger partial charge on any atom is 0.187 e. The van der Waals surface area contributed by atoms with Crippen molar-refractivity contribution in [3.05, 3.63) is 70.7 Å². The fourth-order valence-electron chi connectivity index (χ4n) is 1.77. The number of nitrogens with one attached hydrogen (secondary N) is 2. The molecule has 0 aliphatic rings. The second kappa shape index (κ2) is 7.76. The summed E-state index contributed by atoms with van der Waals surface area (Å²) in [6, 6.07) is 17.6. The lowest BCUT2D eigenvalue weighted by molar-refractivity contribution is 0.866. The van der Waals surface area contributed by atoms with Crippen LogP contribution in [0.25, 0.3) is 0 Å². The molecule has 21 heavy (non-hydrogen) atoms. The van der Waals surface area contributed by atoms with Gasteiger partial charge in [-0.3, -0.25) is 5.43 Å². The average Bonchev–Trinajstić information content (AvgIpc) is 2.52. The first-order chi connectivity index (χ1) is 10.2. The predicted molar refractivity (Wildman–Crippen MR) is 92.7 cm³/mol. The van der Waals surface area contributed by atoms with Gasteiger partial charge in [-0.2, -0.15) is 5.10 Å². The summed E-state index contributed by atoms with van der Waals surface area (Å²) in [5, 5.41) is 8.49. The third-order valence-corrected chi connectivity index (χ3v) is 3.45. The van der Waals surface area contributed by atoms with Crippen LogP contribution < -0.4 is 10.7 Å². The van der Waals surface area contributed by atoms with Gasteiger partial charge in [-0.1, -0.05) is 60.1 Å². The van der Waals surface area contributed by atoms with Crippen LogP contribution in [0.3, 0.4) is 0 Å². The zero-order valence-electron chi connectivity index (χ0n) is 11.6. The Morgan fingerprint density at radius 3 is 2.48 bits per heavy atom. The molecule has 0 amide bonds. The second-order valence-corrected chi connectivity index (χ2v) is 5.27. The SMILES string of the molecule is C/C(=N/NC(=S)NCc1ccccc1)c1ccccc1Cl. The lowest BCUT2D eigenvalue weighted by atomic mass is 10.1. The molecule has 0 spiro atoms. The molecule has 0 saturated heterocycles. The summed E-state index contributed by atoms with van der Waals surface area (Å²) in [6.45, 7) is 2.54. The van der Waals surface area contributed by atoms with E-state index in [-0.39, 0.29) is 0 Å². The van der Waals surface area contributed by atoms with Crippen LogP contribution >= 0.6 is 23.8 Å². The van der Waals surface area contributed by atoms with Crippen LogP contribution in [0.15, 0.2) is 59.7 Å². The van der Waals surface area contributed by atoms with Gasteiger partial charge in [0.15, 0.2) is 5.11 Å². The fraction of sp³-hybridized carbons (Fsp3) is 0.125. The molecule has 5 heteroatoms. The minimum Gasteiger partial charge on any atom is -0.357 e. The summed E-state index contributed by atoms with van der Waals surface area (Å²) >= 11 is 11.3. The first kappa shape index (κ1) is 15.5. The van der Waals surface area contributed by atoms with E-state index in [0.717, 1.165) is 16.8 Å². The topological polar surface area (TPSA) is 36.4 Å². The summed E-state index contributed by atoms with van der Waals surface area (Å²) < 4.78 is 0. The number of hydrazone groups is 1. The van der Waals surface area contributed by atoms with E-state index in [9.17, 15) is 0 Å². The highest BCUT2D eigenvalue weighted by molar-refractivity contribution is 7.80. The van der Waals surface area contributed by atoms with E-state index in [1.54, 1.807) is 0 Å². The Bertz CT molecular complexity index is 641. The van der Waals surface area contributed by atoms with Crippen molar-refractivity contribution in [2.45, 2.75) is 13.5 Å². The molecule has 2 N–H and O–H groups in total. The van der Waals surface area contributed by atoms with Gasteiger partial charge in [0.25, 0.3) is 0 Å². The summed E-state index contributed by atoms with van der Waals surface area (Å²) in [4.78, 5) is 0. The Kier molecular flexibility index (Phi) is 5.72. The Morgan fingerprint density at radius 1 is 1.10 bits per heavy atom. The lowest BCUT2D eigenvalue weighted by Crippen LogP contribution is -2.32. The molecule has 0 unspecified atom stereocenters. The molecule has 0 atom stereocenters. The van der Waals surface area contributed by atoms with E-state index in [4.69, 9.17) is 23.8 Å². The lowest BCUT2D eigenvalue weighted by Gasteiger charge is -2.08. The molecule has 2 aromatic rings. The van der Waals surface area contributed by atoms with Crippen LogP contribution in [0.2, 0.25) is 5.02 Å². The summed E-state index contributed by atoms with van der Waals surface area (Å²) in [5.74, 6) is 0. The highest BCUT2D eigenvalue weighted by Gasteiger charge is 2.02.